The van der Waals surface area contributed by atoms with Crippen LogP contribution in [0.1, 0.15) is 11.3 Å². The molecule has 0 atom stereocenters. The molecule has 0 aliphatic carbocycles. The lowest BCUT2D eigenvalue weighted by molar-refractivity contribution is -0.191. The molecule has 7 heteroatoms. The van der Waals surface area contributed by atoms with Gasteiger partial charge in [0.05, 0.1) is 18.5 Å². The van der Waals surface area contributed by atoms with Gasteiger partial charge in [0, 0.05) is 18.4 Å². The Kier molecular flexibility index (Phi) is 6.29. The Morgan fingerprint density at radius 3 is 2.50 bits per heavy atom. The van der Waals surface area contributed by atoms with Crippen LogP contribution in [0.2, 0.25) is 5.15 Å². The molecule has 0 bridgehead atoms. The number of nitrogens with zero attached hydrogens (tertiary/aromatic N) is 3. The molecule has 0 spiro atoms. The van der Waals surface area contributed by atoms with Gasteiger partial charge in [-0.2, -0.15) is 9.59 Å². The number of benzene rings is 1. The molecule has 2 heterocycles. The van der Waals surface area contributed by atoms with E-state index >= 15 is 0 Å². The number of pyridine rings is 1. The van der Waals surface area contributed by atoms with Gasteiger partial charge in [-0.25, -0.2) is 9.83 Å². The average Bonchev–Trinajstić information content (AvgIpc) is 2.99. The monoisotopic (exact) mass is 366 g/mol. The number of hydrogen-bond acceptors (Lipinski definition) is 4. The normalized spacial score (nSPS) is 9.58. The largest absolute Gasteiger partial charge is 0.397 e. The second-order valence-electron chi connectivity index (χ2n) is 5.45. The van der Waals surface area contributed by atoms with Gasteiger partial charge in [0.25, 0.3) is 0 Å². The maximum atomic E-state index is 8.12. The molecule has 0 saturated carbocycles. The van der Waals surface area contributed by atoms with Gasteiger partial charge < -0.3 is 10.3 Å². The fourth-order valence-corrected chi connectivity index (χ4v) is 2.65. The zero-order valence-corrected chi connectivity index (χ0v) is 14.7. The number of nitrogens with two attached hydrogens (primary N) is 1. The first-order valence-corrected chi connectivity index (χ1v) is 7.90. The van der Waals surface area contributed by atoms with E-state index in [0.29, 0.717) is 23.1 Å². The van der Waals surface area contributed by atoms with Crippen molar-refractivity contribution < 1.29 is 9.59 Å². The van der Waals surface area contributed by atoms with E-state index in [9.17, 15) is 0 Å². The Morgan fingerprint density at radius 1 is 1.23 bits per heavy atom. The van der Waals surface area contributed by atoms with Crippen LogP contribution in [0.5, 0.6) is 0 Å². The van der Waals surface area contributed by atoms with Crippen LogP contribution < -0.4 is 5.73 Å². The molecule has 1 aromatic carbocycles. The first kappa shape index (κ1) is 18.9. The van der Waals surface area contributed by atoms with Gasteiger partial charge in [-0.05, 0) is 35.7 Å². The fraction of sp³-hybridized carbons (Fsp3) is 0.105. The van der Waals surface area contributed by atoms with Gasteiger partial charge in [0.15, 0.2) is 5.69 Å². The van der Waals surface area contributed by atoms with E-state index in [1.807, 2.05) is 24.3 Å². The van der Waals surface area contributed by atoms with Crippen molar-refractivity contribution in [2.75, 3.05) is 5.73 Å². The average molecular weight is 367 g/mol. The molecular formula is C19H15ClN4O2. The van der Waals surface area contributed by atoms with Crippen LogP contribution in [0, 0.1) is 13.5 Å². The predicted octanol–water partition coefficient (Wildman–Crippen LogP) is 4.11. The molecule has 0 aliphatic rings. The Balaban J connectivity index is 0.000000758. The van der Waals surface area contributed by atoms with E-state index in [4.69, 9.17) is 33.5 Å². The van der Waals surface area contributed by atoms with Crippen molar-refractivity contribution in [3.63, 3.8) is 0 Å². The minimum atomic E-state index is 0.250. The van der Waals surface area contributed by atoms with Gasteiger partial charge in [0.1, 0.15) is 5.15 Å². The molecule has 3 rings (SSSR count). The summed E-state index contributed by atoms with van der Waals surface area (Å²) in [7, 11) is 0. The van der Waals surface area contributed by atoms with Gasteiger partial charge in [0.2, 0.25) is 0 Å². The van der Waals surface area contributed by atoms with Crippen molar-refractivity contribution in [3.8, 4) is 11.1 Å². The number of halogens is 1. The van der Waals surface area contributed by atoms with Crippen LogP contribution in [0.15, 0.2) is 48.8 Å². The lowest BCUT2D eigenvalue weighted by Gasteiger charge is -2.09. The van der Waals surface area contributed by atoms with Crippen LogP contribution in [0.25, 0.3) is 16.0 Å². The predicted molar refractivity (Wildman–Crippen MR) is 98.6 cm³/mol. The Morgan fingerprint density at radius 2 is 1.88 bits per heavy atom. The zero-order valence-electron chi connectivity index (χ0n) is 13.9. The van der Waals surface area contributed by atoms with Gasteiger partial charge >= 0.3 is 6.15 Å². The molecule has 0 aliphatic heterocycles. The van der Waals surface area contributed by atoms with Gasteiger partial charge in [-0.15, -0.1) is 0 Å². The Labute approximate surface area is 155 Å². The first-order valence-electron chi connectivity index (χ1n) is 7.52. The summed E-state index contributed by atoms with van der Waals surface area (Å²) in [6.07, 6.45) is 3.91. The van der Waals surface area contributed by atoms with E-state index in [0.717, 1.165) is 22.4 Å². The molecule has 0 unspecified atom stereocenters. The standard InChI is InChI=1S/C18H15ClN4.CO2/c1-12-7-14(13-3-5-16(21-2)6-4-13)10-23(12)11-15-8-18(19)22-9-17(15)20;2-1-3/h3-10H,11,20H2,1H3;. The second-order valence-corrected chi connectivity index (χ2v) is 5.83. The van der Waals surface area contributed by atoms with E-state index < -0.39 is 0 Å². The summed E-state index contributed by atoms with van der Waals surface area (Å²) < 4.78 is 2.13. The molecule has 0 saturated heterocycles. The molecule has 0 radical (unpaired) electrons. The topological polar surface area (TPSA) is 82.3 Å². The molecule has 6 nitrogen and oxygen atoms in total. The third-order valence-corrected chi connectivity index (χ3v) is 3.98. The van der Waals surface area contributed by atoms with Crippen molar-refractivity contribution in [2.45, 2.75) is 13.5 Å². The van der Waals surface area contributed by atoms with Crippen LogP contribution in [-0.4, -0.2) is 15.7 Å². The highest BCUT2D eigenvalue weighted by Crippen LogP contribution is 2.26. The molecular weight excluding hydrogens is 352 g/mol. The lowest BCUT2D eigenvalue weighted by atomic mass is 10.1. The minimum absolute atomic E-state index is 0.250. The molecule has 26 heavy (non-hydrogen) atoms. The molecule has 0 fully saturated rings. The first-order chi connectivity index (χ1) is 12.5. The van der Waals surface area contributed by atoms with E-state index in [2.05, 4.69) is 33.6 Å². The fourth-order valence-electron chi connectivity index (χ4n) is 2.47. The van der Waals surface area contributed by atoms with Crippen molar-refractivity contribution in [2.24, 2.45) is 0 Å². The van der Waals surface area contributed by atoms with Crippen molar-refractivity contribution in [3.05, 3.63) is 76.6 Å². The molecule has 130 valence electrons. The number of rotatable bonds is 3. The number of anilines is 1. The number of nitrogen functional groups attached to an aromatic ring is 1. The van der Waals surface area contributed by atoms with E-state index in [-0.39, 0.29) is 6.15 Å². The molecule has 3 aromatic rings. The number of aromatic nitrogens is 2. The summed E-state index contributed by atoms with van der Waals surface area (Å²) in [5, 5.41) is 0.439. The van der Waals surface area contributed by atoms with Crippen molar-refractivity contribution >= 4 is 29.1 Å². The summed E-state index contributed by atoms with van der Waals surface area (Å²) in [4.78, 5) is 23.6. The molecule has 0 amide bonds. The lowest BCUT2D eigenvalue weighted by Crippen LogP contribution is -2.04. The SMILES string of the molecule is O=C=O.[C-]#[N+]c1ccc(-c2cc(C)n(Cc3cc(Cl)ncc3N)c2)cc1. The maximum Gasteiger partial charge on any atom is 0.373 e. The summed E-state index contributed by atoms with van der Waals surface area (Å²) in [5.41, 5.74) is 11.5. The van der Waals surface area contributed by atoms with Crippen LogP contribution in [-0.2, 0) is 16.1 Å². The van der Waals surface area contributed by atoms with E-state index in [1.165, 1.54) is 0 Å². The highest BCUT2D eigenvalue weighted by molar-refractivity contribution is 6.29. The zero-order chi connectivity index (χ0) is 19.1. The van der Waals surface area contributed by atoms with Crippen LogP contribution in [0.4, 0.5) is 11.4 Å². The Bertz CT molecular complexity index is 982. The highest BCUT2D eigenvalue weighted by atomic mass is 35.5. The van der Waals surface area contributed by atoms with Gasteiger partial charge in [-0.3, -0.25) is 0 Å². The summed E-state index contributed by atoms with van der Waals surface area (Å²) >= 11 is 5.95. The second kappa shape index (κ2) is 8.63. The quantitative estimate of drug-likeness (QED) is 0.558. The summed E-state index contributed by atoms with van der Waals surface area (Å²) in [6.45, 7) is 9.70. The number of aryl methyl sites for hydroxylation is 1. The van der Waals surface area contributed by atoms with Crippen molar-refractivity contribution in [1.29, 1.82) is 0 Å². The van der Waals surface area contributed by atoms with Crippen LogP contribution in [0.3, 0.4) is 0 Å². The number of carbonyl (C=O) groups excluding carboxylic acids is 2. The third-order valence-electron chi connectivity index (χ3n) is 3.77. The van der Waals surface area contributed by atoms with Gasteiger partial charge in [-0.1, -0.05) is 35.9 Å². The number of hydrogen-bond donors (Lipinski definition) is 1. The summed E-state index contributed by atoms with van der Waals surface area (Å²) in [5.74, 6) is 0. The van der Waals surface area contributed by atoms with E-state index in [1.54, 1.807) is 12.3 Å². The summed E-state index contributed by atoms with van der Waals surface area (Å²) in [6, 6.07) is 11.5. The molecule has 2 aromatic heterocycles. The maximum absolute atomic E-state index is 8.12. The smallest absolute Gasteiger partial charge is 0.373 e. The highest BCUT2D eigenvalue weighted by Gasteiger charge is 2.08. The molecule has 2 N–H and O–H groups in total. The Hall–Kier alpha value is -3.39. The third kappa shape index (κ3) is 4.58. The minimum Gasteiger partial charge on any atom is -0.397 e. The van der Waals surface area contributed by atoms with Crippen molar-refractivity contribution in [1.82, 2.24) is 9.55 Å². The van der Waals surface area contributed by atoms with Crippen LogP contribution >= 0.6 is 11.6 Å².